The average Bonchev–Trinajstić information content (AvgIpc) is 1.90. The first-order valence-corrected chi connectivity index (χ1v) is 3.09. The SMILES string of the molecule is [O]C(Cl)c1ccccc1. The molecule has 47 valence electrons. The van der Waals surface area contributed by atoms with Crippen LogP contribution in [0.4, 0.5) is 0 Å². The standard InChI is InChI=1S/C7H6ClO/c8-7(9)6-4-2-1-3-5-6/h1-5,7H. The highest BCUT2D eigenvalue weighted by Crippen LogP contribution is 2.15. The molecule has 0 aliphatic heterocycles. The Bertz CT molecular complexity index is 172. The Hall–Kier alpha value is -0.530. The van der Waals surface area contributed by atoms with E-state index in [-0.39, 0.29) is 0 Å². The van der Waals surface area contributed by atoms with Crippen molar-refractivity contribution >= 4 is 11.6 Å². The van der Waals surface area contributed by atoms with Crippen molar-refractivity contribution in [3.05, 3.63) is 35.9 Å². The van der Waals surface area contributed by atoms with Gasteiger partial charge in [0, 0.05) is 0 Å². The van der Waals surface area contributed by atoms with Gasteiger partial charge in [-0.05, 0) is 5.56 Å². The summed E-state index contributed by atoms with van der Waals surface area (Å²) in [5, 5.41) is 10.5. The van der Waals surface area contributed by atoms with Gasteiger partial charge in [-0.2, -0.15) is 0 Å². The van der Waals surface area contributed by atoms with Gasteiger partial charge in [0.05, 0.1) is 0 Å². The Morgan fingerprint density at radius 1 is 1.22 bits per heavy atom. The highest BCUT2D eigenvalue weighted by atomic mass is 35.5. The quantitative estimate of drug-likeness (QED) is 0.535. The van der Waals surface area contributed by atoms with E-state index in [0.717, 1.165) is 0 Å². The summed E-state index contributed by atoms with van der Waals surface area (Å²) < 4.78 is 0. The maximum atomic E-state index is 10.5. The summed E-state index contributed by atoms with van der Waals surface area (Å²) in [6.07, 6.45) is 0. The molecule has 0 spiro atoms. The minimum atomic E-state index is -1.12. The van der Waals surface area contributed by atoms with E-state index in [0.29, 0.717) is 5.56 Å². The fraction of sp³-hybridized carbons (Fsp3) is 0.143. The van der Waals surface area contributed by atoms with E-state index in [1.54, 1.807) is 24.3 Å². The zero-order chi connectivity index (χ0) is 6.69. The summed E-state index contributed by atoms with van der Waals surface area (Å²) in [6.45, 7) is 0. The summed E-state index contributed by atoms with van der Waals surface area (Å²) in [5.74, 6) is 0. The number of hydrogen-bond donors (Lipinski definition) is 0. The van der Waals surface area contributed by atoms with Gasteiger partial charge >= 0.3 is 0 Å². The van der Waals surface area contributed by atoms with E-state index >= 15 is 0 Å². The molecule has 1 aromatic carbocycles. The maximum Gasteiger partial charge on any atom is 0.191 e. The molecule has 1 radical (unpaired) electrons. The van der Waals surface area contributed by atoms with Crippen LogP contribution >= 0.6 is 11.6 Å². The smallest absolute Gasteiger partial charge is 0.191 e. The van der Waals surface area contributed by atoms with Gasteiger partial charge in [-0.15, -0.1) is 0 Å². The van der Waals surface area contributed by atoms with Crippen molar-refractivity contribution in [2.24, 2.45) is 0 Å². The molecular formula is C7H6ClO. The summed E-state index contributed by atoms with van der Waals surface area (Å²) in [6, 6.07) is 8.86. The van der Waals surface area contributed by atoms with E-state index in [1.807, 2.05) is 6.07 Å². The maximum absolute atomic E-state index is 10.5. The second-order valence-corrected chi connectivity index (χ2v) is 2.12. The van der Waals surface area contributed by atoms with Crippen molar-refractivity contribution in [2.75, 3.05) is 0 Å². The van der Waals surface area contributed by atoms with Gasteiger partial charge < -0.3 is 0 Å². The van der Waals surface area contributed by atoms with Crippen LogP contribution in [0, 0.1) is 0 Å². The predicted molar refractivity (Wildman–Crippen MR) is 35.7 cm³/mol. The minimum absolute atomic E-state index is 0.624. The zero-order valence-electron chi connectivity index (χ0n) is 4.75. The summed E-state index contributed by atoms with van der Waals surface area (Å²) in [7, 11) is 0. The third-order valence-electron chi connectivity index (χ3n) is 1.06. The second kappa shape index (κ2) is 2.85. The van der Waals surface area contributed by atoms with Crippen LogP contribution in [-0.2, 0) is 5.11 Å². The Morgan fingerprint density at radius 3 is 2.11 bits per heavy atom. The lowest BCUT2D eigenvalue weighted by Gasteiger charge is -1.95. The monoisotopic (exact) mass is 141 g/mol. The van der Waals surface area contributed by atoms with Gasteiger partial charge in [-0.25, -0.2) is 5.11 Å². The molecule has 1 atom stereocenters. The van der Waals surface area contributed by atoms with Gasteiger partial charge in [0.15, 0.2) is 5.56 Å². The van der Waals surface area contributed by atoms with Crippen molar-refractivity contribution in [1.29, 1.82) is 0 Å². The van der Waals surface area contributed by atoms with Crippen molar-refractivity contribution in [3.8, 4) is 0 Å². The van der Waals surface area contributed by atoms with E-state index in [2.05, 4.69) is 0 Å². The normalized spacial score (nSPS) is 13.1. The van der Waals surface area contributed by atoms with Crippen LogP contribution in [-0.4, -0.2) is 0 Å². The number of benzene rings is 1. The predicted octanol–water partition coefficient (Wildman–Crippen LogP) is 2.35. The van der Waals surface area contributed by atoms with Gasteiger partial charge in [0.1, 0.15) is 0 Å². The first kappa shape index (κ1) is 6.59. The van der Waals surface area contributed by atoms with Gasteiger partial charge in [-0.3, -0.25) is 0 Å². The molecule has 2 heteroatoms. The fourth-order valence-electron chi connectivity index (χ4n) is 0.604. The van der Waals surface area contributed by atoms with E-state index in [9.17, 15) is 5.11 Å². The number of rotatable bonds is 1. The number of hydrogen-bond acceptors (Lipinski definition) is 0. The molecule has 0 N–H and O–H groups in total. The first-order valence-electron chi connectivity index (χ1n) is 2.65. The van der Waals surface area contributed by atoms with Gasteiger partial charge in [0.2, 0.25) is 0 Å². The Morgan fingerprint density at radius 2 is 1.78 bits per heavy atom. The van der Waals surface area contributed by atoms with Crippen molar-refractivity contribution in [3.63, 3.8) is 0 Å². The van der Waals surface area contributed by atoms with Gasteiger partial charge in [-0.1, -0.05) is 41.9 Å². The average molecular weight is 142 g/mol. The molecule has 1 rings (SSSR count). The van der Waals surface area contributed by atoms with Gasteiger partial charge in [0.25, 0.3) is 0 Å². The molecule has 1 nitrogen and oxygen atoms in total. The number of halogens is 1. The molecule has 0 bridgehead atoms. The molecule has 1 aromatic rings. The van der Waals surface area contributed by atoms with Crippen LogP contribution in [0.2, 0.25) is 0 Å². The Balaban J connectivity index is 2.85. The van der Waals surface area contributed by atoms with Crippen LogP contribution in [0.5, 0.6) is 0 Å². The molecule has 0 fully saturated rings. The second-order valence-electron chi connectivity index (χ2n) is 1.73. The highest BCUT2D eigenvalue weighted by molar-refractivity contribution is 6.19. The van der Waals surface area contributed by atoms with E-state index in [1.165, 1.54) is 0 Å². The van der Waals surface area contributed by atoms with Crippen molar-refractivity contribution < 1.29 is 5.11 Å². The summed E-state index contributed by atoms with van der Waals surface area (Å²) in [5.41, 5.74) is -0.495. The molecule has 0 aromatic heterocycles. The molecule has 0 aliphatic carbocycles. The molecular weight excluding hydrogens is 136 g/mol. The molecule has 0 heterocycles. The van der Waals surface area contributed by atoms with E-state index in [4.69, 9.17) is 11.6 Å². The lowest BCUT2D eigenvalue weighted by Crippen LogP contribution is -1.82. The highest BCUT2D eigenvalue weighted by Gasteiger charge is 2.00. The van der Waals surface area contributed by atoms with Crippen molar-refractivity contribution in [2.45, 2.75) is 5.56 Å². The Kier molecular flexibility index (Phi) is 2.09. The lowest BCUT2D eigenvalue weighted by atomic mass is 10.2. The van der Waals surface area contributed by atoms with Crippen LogP contribution in [0.1, 0.15) is 11.1 Å². The van der Waals surface area contributed by atoms with Crippen molar-refractivity contribution in [1.82, 2.24) is 0 Å². The van der Waals surface area contributed by atoms with Crippen LogP contribution in [0.15, 0.2) is 30.3 Å². The summed E-state index contributed by atoms with van der Waals surface area (Å²) in [4.78, 5) is 0. The molecule has 9 heavy (non-hydrogen) atoms. The molecule has 0 saturated carbocycles. The fourth-order valence-corrected chi connectivity index (χ4v) is 0.750. The largest absolute Gasteiger partial charge is 0.210 e. The minimum Gasteiger partial charge on any atom is -0.210 e. The number of alkyl halides is 1. The molecule has 0 saturated heterocycles. The summed E-state index contributed by atoms with van der Waals surface area (Å²) >= 11 is 5.25. The molecule has 1 unspecified atom stereocenters. The zero-order valence-corrected chi connectivity index (χ0v) is 5.51. The third kappa shape index (κ3) is 1.70. The first-order chi connectivity index (χ1) is 4.30. The van der Waals surface area contributed by atoms with Crippen LogP contribution < -0.4 is 0 Å². The third-order valence-corrected chi connectivity index (χ3v) is 1.31. The van der Waals surface area contributed by atoms with Crippen LogP contribution in [0.25, 0.3) is 0 Å². The topological polar surface area (TPSA) is 19.9 Å². The Labute approximate surface area is 58.9 Å². The molecule has 0 aliphatic rings. The molecule has 0 amide bonds. The lowest BCUT2D eigenvalue weighted by molar-refractivity contribution is 0.161. The van der Waals surface area contributed by atoms with Crippen LogP contribution in [0.3, 0.4) is 0 Å². The van der Waals surface area contributed by atoms with E-state index < -0.39 is 5.56 Å².